The minimum absolute atomic E-state index is 0.137. The number of likely N-dealkylation sites (tertiary alicyclic amines) is 1. The number of nitrogens with zero attached hydrogens (tertiary/aromatic N) is 1. The number of ether oxygens (including phenoxy) is 2. The predicted molar refractivity (Wildman–Crippen MR) is 140 cm³/mol. The molecule has 1 aliphatic heterocycles. The third kappa shape index (κ3) is 8.30. The number of carbonyl (C=O) groups is 3. The third-order valence-electron chi connectivity index (χ3n) is 7.34. The van der Waals surface area contributed by atoms with E-state index in [1.165, 1.54) is 0 Å². The second-order valence-electron chi connectivity index (χ2n) is 10.0. The first-order chi connectivity index (χ1) is 17.2. The minimum Gasteiger partial charge on any atom is -0.454 e. The second-order valence-corrected chi connectivity index (χ2v) is 10.0. The molecule has 1 fully saturated rings. The second kappa shape index (κ2) is 15.0. The molecule has 2 amide bonds. The van der Waals surface area contributed by atoms with Gasteiger partial charge in [0, 0.05) is 20.1 Å². The summed E-state index contributed by atoms with van der Waals surface area (Å²) in [6.45, 7) is 8.46. The molecule has 36 heavy (non-hydrogen) atoms. The van der Waals surface area contributed by atoms with Crippen molar-refractivity contribution in [2.45, 2.75) is 90.5 Å². The molecule has 0 bridgehead atoms. The summed E-state index contributed by atoms with van der Waals surface area (Å²) in [5.41, 5.74) is 6.23. The van der Waals surface area contributed by atoms with E-state index in [1.54, 1.807) is 14.0 Å². The Morgan fingerprint density at radius 2 is 1.86 bits per heavy atom. The lowest BCUT2D eigenvalue weighted by Crippen LogP contribution is -2.51. The first kappa shape index (κ1) is 29.8. The summed E-state index contributed by atoms with van der Waals surface area (Å²) in [5, 5.41) is 3.00. The van der Waals surface area contributed by atoms with Crippen LogP contribution in [0.3, 0.4) is 0 Å². The van der Waals surface area contributed by atoms with Crippen molar-refractivity contribution in [3.05, 3.63) is 35.9 Å². The number of esters is 1. The summed E-state index contributed by atoms with van der Waals surface area (Å²) < 4.78 is 11.4. The minimum atomic E-state index is -0.672. The highest BCUT2D eigenvalue weighted by Crippen LogP contribution is 2.28. The Kier molecular flexibility index (Phi) is 12.4. The SMILES string of the molecule is CC[C@H](C)CCCC(=O)N1CCCC1C(OC)C(C)C(=O)NC(C)C(OC(=O)CN)c1ccccc1. The van der Waals surface area contributed by atoms with Gasteiger partial charge in [0.05, 0.1) is 30.7 Å². The van der Waals surface area contributed by atoms with Crippen LogP contribution in [0.1, 0.15) is 77.9 Å². The molecule has 8 heteroatoms. The molecule has 0 spiro atoms. The van der Waals surface area contributed by atoms with Crippen LogP contribution >= 0.6 is 0 Å². The van der Waals surface area contributed by atoms with Crippen LogP contribution in [0.25, 0.3) is 0 Å². The number of rotatable bonds is 14. The summed E-state index contributed by atoms with van der Waals surface area (Å²) >= 11 is 0. The fraction of sp³-hybridized carbons (Fsp3) is 0.679. The van der Waals surface area contributed by atoms with Crippen molar-refractivity contribution in [1.29, 1.82) is 0 Å². The molecule has 2 rings (SSSR count). The molecular formula is C28H45N3O5. The predicted octanol–water partition coefficient (Wildman–Crippen LogP) is 3.59. The normalized spacial score (nSPS) is 19.7. The van der Waals surface area contributed by atoms with Crippen LogP contribution in [0.2, 0.25) is 0 Å². The third-order valence-corrected chi connectivity index (χ3v) is 7.34. The summed E-state index contributed by atoms with van der Waals surface area (Å²) in [7, 11) is 1.59. The molecule has 8 nitrogen and oxygen atoms in total. The Labute approximate surface area is 216 Å². The van der Waals surface area contributed by atoms with E-state index in [9.17, 15) is 14.4 Å². The van der Waals surface area contributed by atoms with Crippen molar-refractivity contribution in [2.24, 2.45) is 17.6 Å². The van der Waals surface area contributed by atoms with Crippen LogP contribution in [0.15, 0.2) is 30.3 Å². The van der Waals surface area contributed by atoms with Gasteiger partial charge in [0.15, 0.2) is 0 Å². The van der Waals surface area contributed by atoms with Crippen LogP contribution in [-0.2, 0) is 23.9 Å². The summed E-state index contributed by atoms with van der Waals surface area (Å²) in [6, 6.07) is 8.65. The highest BCUT2D eigenvalue weighted by Gasteiger charge is 2.40. The van der Waals surface area contributed by atoms with Crippen LogP contribution in [0.4, 0.5) is 0 Å². The average Bonchev–Trinajstić information content (AvgIpc) is 3.37. The molecule has 1 aromatic carbocycles. The Balaban J connectivity index is 2.06. The van der Waals surface area contributed by atoms with Gasteiger partial charge < -0.3 is 25.4 Å². The molecular weight excluding hydrogens is 458 g/mol. The number of nitrogens with one attached hydrogen (secondary N) is 1. The highest BCUT2D eigenvalue weighted by atomic mass is 16.5. The van der Waals surface area contributed by atoms with Gasteiger partial charge in [0.25, 0.3) is 0 Å². The topological polar surface area (TPSA) is 111 Å². The van der Waals surface area contributed by atoms with E-state index in [-0.39, 0.29) is 24.4 Å². The first-order valence-electron chi connectivity index (χ1n) is 13.3. The fourth-order valence-electron chi connectivity index (χ4n) is 4.96. The lowest BCUT2D eigenvalue weighted by molar-refractivity contribution is -0.150. The summed E-state index contributed by atoms with van der Waals surface area (Å²) in [5.74, 6) is -0.496. The number of hydrogen-bond donors (Lipinski definition) is 2. The van der Waals surface area contributed by atoms with Crippen molar-refractivity contribution >= 4 is 17.8 Å². The van der Waals surface area contributed by atoms with E-state index in [1.807, 2.05) is 42.2 Å². The van der Waals surface area contributed by atoms with Gasteiger partial charge in [-0.2, -0.15) is 0 Å². The number of carbonyl (C=O) groups excluding carboxylic acids is 3. The van der Waals surface area contributed by atoms with Crippen molar-refractivity contribution in [3.8, 4) is 0 Å². The molecule has 5 unspecified atom stereocenters. The number of amides is 2. The maximum atomic E-state index is 13.3. The van der Waals surface area contributed by atoms with Crippen molar-refractivity contribution < 1.29 is 23.9 Å². The van der Waals surface area contributed by atoms with Gasteiger partial charge in [-0.15, -0.1) is 0 Å². The van der Waals surface area contributed by atoms with Crippen molar-refractivity contribution in [2.75, 3.05) is 20.2 Å². The molecule has 0 aromatic heterocycles. The number of nitrogens with two attached hydrogens (primary N) is 1. The zero-order chi connectivity index (χ0) is 26.7. The van der Waals surface area contributed by atoms with Gasteiger partial charge in [0.2, 0.25) is 11.8 Å². The number of methoxy groups -OCH3 is 1. The Bertz CT molecular complexity index is 834. The van der Waals surface area contributed by atoms with Gasteiger partial charge in [-0.3, -0.25) is 14.4 Å². The van der Waals surface area contributed by atoms with Gasteiger partial charge >= 0.3 is 5.97 Å². The zero-order valence-corrected chi connectivity index (χ0v) is 22.6. The molecule has 0 aliphatic carbocycles. The lowest BCUT2D eigenvalue weighted by atomic mass is 9.93. The molecule has 6 atom stereocenters. The molecule has 1 aromatic rings. The molecule has 3 N–H and O–H groups in total. The van der Waals surface area contributed by atoms with Gasteiger partial charge in [-0.25, -0.2) is 0 Å². The van der Waals surface area contributed by atoms with Crippen molar-refractivity contribution in [1.82, 2.24) is 10.2 Å². The van der Waals surface area contributed by atoms with E-state index in [0.717, 1.165) is 37.7 Å². The summed E-state index contributed by atoms with van der Waals surface area (Å²) in [4.78, 5) is 40.2. The van der Waals surface area contributed by atoms with E-state index in [4.69, 9.17) is 15.2 Å². The van der Waals surface area contributed by atoms with Gasteiger partial charge in [-0.1, -0.05) is 63.9 Å². The monoisotopic (exact) mass is 503 g/mol. The Morgan fingerprint density at radius 3 is 2.47 bits per heavy atom. The smallest absolute Gasteiger partial charge is 0.320 e. The Hall–Kier alpha value is -2.45. The maximum Gasteiger partial charge on any atom is 0.320 e. The zero-order valence-electron chi connectivity index (χ0n) is 22.6. The molecule has 0 radical (unpaired) electrons. The molecule has 1 saturated heterocycles. The standard InChI is InChI=1S/C28H45N3O5/c1-6-19(2)12-10-16-24(32)31-17-11-15-23(31)26(35-5)20(3)28(34)30-21(4)27(36-25(33)18-29)22-13-8-7-9-14-22/h7-9,13-14,19-21,23,26-27H,6,10-12,15-18,29H2,1-5H3,(H,30,34)/t19-,20?,21?,23?,26?,27?/m0/s1. The van der Waals surface area contributed by atoms with E-state index >= 15 is 0 Å². The lowest BCUT2D eigenvalue weighted by Gasteiger charge is -2.35. The molecule has 1 aliphatic rings. The molecule has 1 heterocycles. The van der Waals surface area contributed by atoms with Gasteiger partial charge in [0.1, 0.15) is 6.10 Å². The molecule has 0 saturated carbocycles. The average molecular weight is 504 g/mol. The van der Waals surface area contributed by atoms with Crippen LogP contribution < -0.4 is 11.1 Å². The highest BCUT2D eigenvalue weighted by molar-refractivity contribution is 5.80. The van der Waals surface area contributed by atoms with Gasteiger partial charge in [-0.05, 0) is 37.7 Å². The van der Waals surface area contributed by atoms with E-state index in [0.29, 0.717) is 18.9 Å². The molecule has 202 valence electrons. The van der Waals surface area contributed by atoms with Crippen LogP contribution in [0, 0.1) is 11.8 Å². The fourth-order valence-corrected chi connectivity index (χ4v) is 4.96. The first-order valence-corrected chi connectivity index (χ1v) is 13.3. The maximum absolute atomic E-state index is 13.3. The Morgan fingerprint density at radius 1 is 1.17 bits per heavy atom. The number of hydrogen-bond acceptors (Lipinski definition) is 6. The van der Waals surface area contributed by atoms with E-state index < -0.39 is 30.1 Å². The van der Waals surface area contributed by atoms with Crippen LogP contribution in [0.5, 0.6) is 0 Å². The van der Waals surface area contributed by atoms with Crippen molar-refractivity contribution in [3.63, 3.8) is 0 Å². The quantitative estimate of drug-likeness (QED) is 0.375. The van der Waals surface area contributed by atoms with Crippen LogP contribution in [-0.4, -0.2) is 61.1 Å². The number of benzene rings is 1. The largest absolute Gasteiger partial charge is 0.454 e. The van der Waals surface area contributed by atoms with E-state index in [2.05, 4.69) is 19.2 Å². The summed E-state index contributed by atoms with van der Waals surface area (Å²) in [6.07, 6.45) is 4.18.